The van der Waals surface area contributed by atoms with E-state index >= 15 is 0 Å². The van der Waals surface area contributed by atoms with Crippen LogP contribution in [0.3, 0.4) is 0 Å². The van der Waals surface area contributed by atoms with Gasteiger partial charge in [-0.25, -0.2) is 9.59 Å². The first-order valence-corrected chi connectivity index (χ1v) is 12.3. The standard InChI is InChI=1S/2C13H26O3/c1-11(2)9-7-6-8-10-12(14)15-16-13(3,4)5;1-10(2)8-6-7-9-11(12(14)16-15)13(3,4)5/h11H,6-10H2,1-5H3;10-11,15H,6-9H2,1-5H3. The molecule has 32 heavy (non-hydrogen) atoms. The van der Waals surface area contributed by atoms with Crippen LogP contribution in [0.1, 0.15) is 127 Å². The molecule has 1 unspecified atom stereocenters. The second kappa shape index (κ2) is 17.4. The van der Waals surface area contributed by atoms with E-state index in [0.717, 1.165) is 38.0 Å². The Labute approximate surface area is 197 Å². The Kier molecular flexibility index (Phi) is 17.9. The van der Waals surface area contributed by atoms with E-state index in [2.05, 4.69) is 32.6 Å². The van der Waals surface area contributed by atoms with Crippen LogP contribution >= 0.6 is 0 Å². The molecule has 0 amide bonds. The fourth-order valence-electron chi connectivity index (χ4n) is 3.08. The molecule has 0 aromatic rings. The molecular weight excluding hydrogens is 408 g/mol. The predicted molar refractivity (Wildman–Crippen MR) is 130 cm³/mol. The molecule has 0 aliphatic carbocycles. The van der Waals surface area contributed by atoms with Crippen molar-refractivity contribution >= 4 is 11.9 Å². The maximum atomic E-state index is 11.4. The highest BCUT2D eigenvalue weighted by atomic mass is 17.2. The normalized spacial score (nSPS) is 12.9. The van der Waals surface area contributed by atoms with Gasteiger partial charge in [0, 0.05) is 6.42 Å². The summed E-state index contributed by atoms with van der Waals surface area (Å²) >= 11 is 0. The summed E-state index contributed by atoms with van der Waals surface area (Å²) in [6, 6.07) is 0. The molecule has 1 N–H and O–H groups in total. The lowest BCUT2D eigenvalue weighted by atomic mass is 9.77. The molecule has 6 heteroatoms. The summed E-state index contributed by atoms with van der Waals surface area (Å²) in [5, 5.41) is 8.46. The second-order valence-electron chi connectivity index (χ2n) is 11.7. The van der Waals surface area contributed by atoms with Crippen LogP contribution in [-0.4, -0.2) is 22.8 Å². The molecule has 0 heterocycles. The number of rotatable bonds is 13. The first-order chi connectivity index (χ1) is 14.6. The van der Waals surface area contributed by atoms with Gasteiger partial charge in [-0.2, -0.15) is 10.1 Å². The van der Waals surface area contributed by atoms with Crippen molar-refractivity contribution in [3.05, 3.63) is 0 Å². The van der Waals surface area contributed by atoms with Gasteiger partial charge in [-0.1, -0.05) is 87.0 Å². The van der Waals surface area contributed by atoms with Gasteiger partial charge in [0.25, 0.3) is 0 Å². The molecule has 0 aromatic heterocycles. The van der Waals surface area contributed by atoms with Crippen LogP contribution in [0, 0.1) is 23.2 Å². The average molecular weight is 461 g/mol. The van der Waals surface area contributed by atoms with Gasteiger partial charge in [-0.3, -0.25) is 4.89 Å². The summed E-state index contributed by atoms with van der Waals surface area (Å²) in [6.07, 6.45) is 8.95. The van der Waals surface area contributed by atoms with Crippen LogP contribution in [0.4, 0.5) is 0 Å². The quantitative estimate of drug-likeness (QED) is 0.172. The van der Waals surface area contributed by atoms with Gasteiger partial charge in [0.15, 0.2) is 0 Å². The van der Waals surface area contributed by atoms with Gasteiger partial charge >= 0.3 is 11.9 Å². The fraction of sp³-hybridized carbons (Fsp3) is 0.923. The lowest BCUT2D eigenvalue weighted by Crippen LogP contribution is -2.29. The maximum Gasteiger partial charge on any atom is 0.345 e. The van der Waals surface area contributed by atoms with Crippen molar-refractivity contribution in [3.8, 4) is 0 Å². The van der Waals surface area contributed by atoms with Crippen LogP contribution in [0.15, 0.2) is 0 Å². The monoisotopic (exact) mass is 460 g/mol. The molecule has 0 fully saturated rings. The minimum Gasteiger partial charge on any atom is -0.301 e. The van der Waals surface area contributed by atoms with Crippen molar-refractivity contribution in [2.24, 2.45) is 23.2 Å². The lowest BCUT2D eigenvalue weighted by Gasteiger charge is -2.27. The number of carbonyl (C=O) groups excluding carboxylic acids is 2. The summed E-state index contributed by atoms with van der Waals surface area (Å²) in [5.74, 6) is 0.468. The van der Waals surface area contributed by atoms with E-state index in [1.165, 1.54) is 19.3 Å². The molecule has 0 aromatic carbocycles. The fourth-order valence-corrected chi connectivity index (χ4v) is 3.08. The molecule has 192 valence electrons. The van der Waals surface area contributed by atoms with Gasteiger partial charge in [0.05, 0.1) is 5.92 Å². The number of hydrogen-bond acceptors (Lipinski definition) is 6. The Hall–Kier alpha value is -1.14. The minimum atomic E-state index is -0.503. The minimum absolute atomic E-state index is 0.155. The molecule has 0 radical (unpaired) electrons. The zero-order valence-electron chi connectivity index (χ0n) is 22.6. The topological polar surface area (TPSA) is 82.1 Å². The molecule has 0 aliphatic heterocycles. The summed E-state index contributed by atoms with van der Waals surface area (Å²) in [7, 11) is 0. The molecule has 0 spiro atoms. The number of carbonyl (C=O) groups is 2. The van der Waals surface area contributed by atoms with Crippen molar-refractivity contribution in [1.82, 2.24) is 0 Å². The third-order valence-corrected chi connectivity index (χ3v) is 4.99. The van der Waals surface area contributed by atoms with E-state index in [9.17, 15) is 9.59 Å². The van der Waals surface area contributed by atoms with Crippen LogP contribution in [0.25, 0.3) is 0 Å². The van der Waals surface area contributed by atoms with Crippen LogP contribution in [0.2, 0.25) is 0 Å². The van der Waals surface area contributed by atoms with Gasteiger partial charge in [0.1, 0.15) is 5.60 Å². The highest BCUT2D eigenvalue weighted by Gasteiger charge is 2.32. The summed E-state index contributed by atoms with van der Waals surface area (Å²) < 4.78 is 0. The highest BCUT2D eigenvalue weighted by Crippen LogP contribution is 2.31. The molecule has 1 atom stereocenters. The van der Waals surface area contributed by atoms with Crippen molar-refractivity contribution in [3.63, 3.8) is 0 Å². The van der Waals surface area contributed by atoms with Crippen LogP contribution in [0.5, 0.6) is 0 Å². The zero-order chi connectivity index (χ0) is 25.4. The van der Waals surface area contributed by atoms with Gasteiger partial charge < -0.3 is 4.89 Å². The first-order valence-electron chi connectivity index (χ1n) is 12.3. The molecule has 0 saturated carbocycles. The van der Waals surface area contributed by atoms with E-state index in [0.29, 0.717) is 12.3 Å². The highest BCUT2D eigenvalue weighted by molar-refractivity contribution is 5.72. The second-order valence-corrected chi connectivity index (χ2v) is 11.7. The number of unbranched alkanes of at least 4 members (excludes halogenated alkanes) is 3. The smallest absolute Gasteiger partial charge is 0.301 e. The van der Waals surface area contributed by atoms with Gasteiger partial charge in [-0.05, 0) is 50.9 Å². The van der Waals surface area contributed by atoms with Crippen LogP contribution in [-0.2, 0) is 24.3 Å². The van der Waals surface area contributed by atoms with Crippen LogP contribution < -0.4 is 0 Å². The Morgan fingerprint density at radius 1 is 0.750 bits per heavy atom. The molecule has 0 bridgehead atoms. The Balaban J connectivity index is 0. The SMILES string of the molecule is CC(C)CCCCC(C(=O)OO)C(C)(C)C.CC(C)CCCCCC(=O)OOC(C)(C)C. The first kappa shape index (κ1) is 33.0. The van der Waals surface area contributed by atoms with Gasteiger partial charge in [0.2, 0.25) is 0 Å². The molecule has 0 saturated heterocycles. The average Bonchev–Trinajstić information content (AvgIpc) is 2.64. The summed E-state index contributed by atoms with van der Waals surface area (Å²) in [4.78, 5) is 36.2. The molecule has 0 aliphatic rings. The summed E-state index contributed by atoms with van der Waals surface area (Å²) in [6.45, 7) is 20.4. The summed E-state index contributed by atoms with van der Waals surface area (Å²) in [5.41, 5.74) is -0.578. The van der Waals surface area contributed by atoms with Crippen molar-refractivity contribution in [2.75, 3.05) is 0 Å². The Morgan fingerprint density at radius 3 is 1.62 bits per heavy atom. The molecular formula is C26H52O6. The molecule has 6 nitrogen and oxygen atoms in total. The third kappa shape index (κ3) is 22.1. The van der Waals surface area contributed by atoms with E-state index in [1.807, 2.05) is 41.5 Å². The molecule has 0 rings (SSSR count). The van der Waals surface area contributed by atoms with Crippen molar-refractivity contribution in [2.45, 2.75) is 133 Å². The predicted octanol–water partition coefficient (Wildman–Crippen LogP) is 7.75. The Morgan fingerprint density at radius 2 is 1.22 bits per heavy atom. The zero-order valence-corrected chi connectivity index (χ0v) is 22.6. The van der Waals surface area contributed by atoms with Crippen molar-refractivity contribution < 1.29 is 29.5 Å². The number of hydrogen-bond donors (Lipinski definition) is 1. The lowest BCUT2D eigenvalue weighted by molar-refractivity contribution is -0.320. The third-order valence-electron chi connectivity index (χ3n) is 4.99. The van der Waals surface area contributed by atoms with Gasteiger partial charge in [-0.15, -0.1) is 0 Å². The largest absolute Gasteiger partial charge is 0.345 e. The Bertz CT molecular complexity index is 486. The maximum absolute atomic E-state index is 11.4. The van der Waals surface area contributed by atoms with E-state index < -0.39 is 11.6 Å². The van der Waals surface area contributed by atoms with E-state index in [1.54, 1.807) is 0 Å². The van der Waals surface area contributed by atoms with E-state index in [4.69, 9.17) is 15.0 Å². The van der Waals surface area contributed by atoms with E-state index in [-0.39, 0.29) is 17.3 Å². The van der Waals surface area contributed by atoms with Crippen molar-refractivity contribution in [1.29, 1.82) is 0 Å².